The number of carbonyl (C=O) groups is 1. The summed E-state index contributed by atoms with van der Waals surface area (Å²) in [5.41, 5.74) is 1.43. The molecule has 0 atom stereocenters. The van der Waals surface area contributed by atoms with Gasteiger partial charge in [-0.2, -0.15) is 0 Å². The lowest BCUT2D eigenvalue weighted by molar-refractivity contribution is 0.0954. The summed E-state index contributed by atoms with van der Waals surface area (Å²) in [7, 11) is 0. The van der Waals surface area contributed by atoms with E-state index < -0.39 is 0 Å². The normalized spacial score (nSPS) is 12.3. The van der Waals surface area contributed by atoms with Gasteiger partial charge < -0.3 is 14.8 Å². The summed E-state index contributed by atoms with van der Waals surface area (Å²) in [4.78, 5) is 12.1. The summed E-state index contributed by atoms with van der Waals surface area (Å²) >= 11 is 11.9. The van der Waals surface area contributed by atoms with E-state index in [0.717, 1.165) is 17.1 Å². The molecule has 1 aliphatic rings. The highest BCUT2D eigenvalue weighted by molar-refractivity contribution is 6.43. The largest absolute Gasteiger partial charge is 0.454 e. The first-order chi connectivity index (χ1) is 10.6. The van der Waals surface area contributed by atoms with Gasteiger partial charge in [-0.05, 0) is 36.2 Å². The summed E-state index contributed by atoms with van der Waals surface area (Å²) in [5, 5.41) is 3.46. The fourth-order valence-electron chi connectivity index (χ4n) is 2.19. The predicted molar refractivity (Wildman–Crippen MR) is 85.1 cm³/mol. The molecule has 0 radical (unpaired) electrons. The van der Waals surface area contributed by atoms with Crippen molar-refractivity contribution in [3.63, 3.8) is 0 Å². The van der Waals surface area contributed by atoms with Crippen LogP contribution in [0.5, 0.6) is 11.5 Å². The second kappa shape index (κ2) is 6.46. The van der Waals surface area contributed by atoms with Crippen LogP contribution in [-0.4, -0.2) is 19.2 Å². The third kappa shape index (κ3) is 3.13. The van der Waals surface area contributed by atoms with Crippen molar-refractivity contribution in [3.8, 4) is 11.5 Å². The monoisotopic (exact) mass is 337 g/mol. The van der Waals surface area contributed by atoms with Gasteiger partial charge in [0.25, 0.3) is 5.91 Å². The van der Waals surface area contributed by atoms with Crippen molar-refractivity contribution in [1.29, 1.82) is 0 Å². The molecule has 0 unspecified atom stereocenters. The fourth-order valence-corrected chi connectivity index (χ4v) is 2.58. The van der Waals surface area contributed by atoms with E-state index in [-0.39, 0.29) is 17.7 Å². The van der Waals surface area contributed by atoms with E-state index in [1.54, 1.807) is 18.2 Å². The lowest BCUT2D eigenvalue weighted by Crippen LogP contribution is -2.26. The fraction of sp³-hybridized carbons (Fsp3) is 0.188. The SMILES string of the molecule is O=C(NCCc1ccc2c(c1)OCO2)c1cccc(Cl)c1Cl. The minimum Gasteiger partial charge on any atom is -0.454 e. The van der Waals surface area contributed by atoms with Crippen LogP contribution >= 0.6 is 23.2 Å². The molecule has 1 aliphatic heterocycles. The molecule has 0 aromatic heterocycles. The molecular formula is C16H13Cl2NO3. The molecule has 0 bridgehead atoms. The maximum atomic E-state index is 12.1. The van der Waals surface area contributed by atoms with Crippen LogP contribution in [0.25, 0.3) is 0 Å². The smallest absolute Gasteiger partial charge is 0.252 e. The van der Waals surface area contributed by atoms with Gasteiger partial charge in [0, 0.05) is 6.54 Å². The second-order valence-corrected chi connectivity index (χ2v) is 5.58. The quantitative estimate of drug-likeness (QED) is 0.925. The van der Waals surface area contributed by atoms with E-state index in [0.29, 0.717) is 23.6 Å². The zero-order valence-electron chi connectivity index (χ0n) is 11.6. The van der Waals surface area contributed by atoms with Gasteiger partial charge in [0.1, 0.15) is 0 Å². The number of carbonyl (C=O) groups excluding carboxylic acids is 1. The van der Waals surface area contributed by atoms with Crippen LogP contribution in [0, 0.1) is 0 Å². The van der Waals surface area contributed by atoms with Crippen molar-refractivity contribution in [2.24, 2.45) is 0 Å². The molecule has 114 valence electrons. The van der Waals surface area contributed by atoms with Crippen molar-refractivity contribution < 1.29 is 14.3 Å². The Kier molecular flexibility index (Phi) is 4.41. The Bertz CT molecular complexity index is 719. The van der Waals surface area contributed by atoms with E-state index >= 15 is 0 Å². The maximum Gasteiger partial charge on any atom is 0.252 e. The summed E-state index contributed by atoms with van der Waals surface area (Å²) in [6.07, 6.45) is 0.681. The van der Waals surface area contributed by atoms with E-state index in [2.05, 4.69) is 5.32 Å². The topological polar surface area (TPSA) is 47.6 Å². The standard InChI is InChI=1S/C16H13Cl2NO3/c17-12-3-1-2-11(15(12)18)16(20)19-7-6-10-4-5-13-14(8-10)22-9-21-13/h1-5,8H,6-7,9H2,(H,19,20). The third-order valence-electron chi connectivity index (χ3n) is 3.33. The highest BCUT2D eigenvalue weighted by Gasteiger charge is 2.14. The lowest BCUT2D eigenvalue weighted by Gasteiger charge is -2.08. The van der Waals surface area contributed by atoms with Gasteiger partial charge >= 0.3 is 0 Å². The van der Waals surface area contributed by atoms with Crippen LogP contribution in [0.15, 0.2) is 36.4 Å². The Labute approximate surface area is 137 Å². The van der Waals surface area contributed by atoms with Gasteiger partial charge in [0.15, 0.2) is 11.5 Å². The predicted octanol–water partition coefficient (Wildman–Crippen LogP) is 3.69. The second-order valence-electron chi connectivity index (χ2n) is 4.79. The molecule has 0 fully saturated rings. The average molecular weight is 338 g/mol. The first-order valence-electron chi connectivity index (χ1n) is 6.76. The maximum absolute atomic E-state index is 12.1. The number of fused-ring (bicyclic) bond motifs is 1. The number of rotatable bonds is 4. The molecule has 0 saturated carbocycles. The number of nitrogens with one attached hydrogen (secondary N) is 1. The summed E-state index contributed by atoms with van der Waals surface area (Å²) in [6.45, 7) is 0.740. The van der Waals surface area contributed by atoms with E-state index in [4.69, 9.17) is 32.7 Å². The minimum atomic E-state index is -0.242. The molecule has 0 spiro atoms. The summed E-state index contributed by atoms with van der Waals surface area (Å²) < 4.78 is 10.6. The Morgan fingerprint density at radius 2 is 1.95 bits per heavy atom. The molecule has 4 nitrogen and oxygen atoms in total. The van der Waals surface area contributed by atoms with Crippen molar-refractivity contribution in [2.75, 3.05) is 13.3 Å². The number of hydrogen-bond donors (Lipinski definition) is 1. The first-order valence-corrected chi connectivity index (χ1v) is 7.51. The molecule has 2 aromatic carbocycles. The Morgan fingerprint density at radius 3 is 2.82 bits per heavy atom. The number of amides is 1. The Balaban J connectivity index is 1.59. The molecule has 1 heterocycles. The van der Waals surface area contributed by atoms with Gasteiger partial charge in [0.05, 0.1) is 15.6 Å². The zero-order valence-corrected chi connectivity index (χ0v) is 13.1. The van der Waals surface area contributed by atoms with E-state index in [9.17, 15) is 4.79 Å². The molecule has 1 N–H and O–H groups in total. The molecule has 3 rings (SSSR count). The Morgan fingerprint density at radius 1 is 1.14 bits per heavy atom. The number of ether oxygens (including phenoxy) is 2. The van der Waals surface area contributed by atoms with Gasteiger partial charge in [0.2, 0.25) is 6.79 Å². The summed E-state index contributed by atoms with van der Waals surface area (Å²) in [6, 6.07) is 10.7. The highest BCUT2D eigenvalue weighted by atomic mass is 35.5. The lowest BCUT2D eigenvalue weighted by atomic mass is 10.1. The Hall–Kier alpha value is -1.91. The molecule has 2 aromatic rings. The highest BCUT2D eigenvalue weighted by Crippen LogP contribution is 2.32. The molecular weight excluding hydrogens is 325 g/mol. The van der Waals surface area contributed by atoms with Crippen LogP contribution in [0.3, 0.4) is 0 Å². The van der Waals surface area contributed by atoms with Gasteiger partial charge in [-0.15, -0.1) is 0 Å². The average Bonchev–Trinajstić information content (AvgIpc) is 2.97. The van der Waals surface area contributed by atoms with E-state index in [1.807, 2.05) is 18.2 Å². The van der Waals surface area contributed by atoms with Crippen molar-refractivity contribution >= 4 is 29.1 Å². The number of halogens is 2. The van der Waals surface area contributed by atoms with Crippen LogP contribution < -0.4 is 14.8 Å². The van der Waals surface area contributed by atoms with Gasteiger partial charge in [-0.3, -0.25) is 4.79 Å². The van der Waals surface area contributed by atoms with Gasteiger partial charge in [-0.1, -0.05) is 35.3 Å². The molecule has 6 heteroatoms. The first kappa shape index (κ1) is 15.0. The van der Waals surface area contributed by atoms with Crippen LogP contribution in [-0.2, 0) is 6.42 Å². The summed E-state index contributed by atoms with van der Waals surface area (Å²) in [5.74, 6) is 1.24. The molecule has 0 saturated heterocycles. The zero-order chi connectivity index (χ0) is 15.5. The minimum absolute atomic E-state index is 0.242. The van der Waals surface area contributed by atoms with Crippen LogP contribution in [0.4, 0.5) is 0 Å². The molecule has 1 amide bonds. The van der Waals surface area contributed by atoms with Crippen molar-refractivity contribution in [2.45, 2.75) is 6.42 Å². The van der Waals surface area contributed by atoms with Gasteiger partial charge in [-0.25, -0.2) is 0 Å². The molecule has 22 heavy (non-hydrogen) atoms. The molecule has 0 aliphatic carbocycles. The van der Waals surface area contributed by atoms with Crippen LogP contribution in [0.2, 0.25) is 10.0 Å². The van der Waals surface area contributed by atoms with E-state index in [1.165, 1.54) is 0 Å². The number of hydrogen-bond acceptors (Lipinski definition) is 3. The number of benzene rings is 2. The van der Waals surface area contributed by atoms with Crippen molar-refractivity contribution in [3.05, 3.63) is 57.6 Å². The van der Waals surface area contributed by atoms with Crippen LogP contribution in [0.1, 0.15) is 15.9 Å². The third-order valence-corrected chi connectivity index (χ3v) is 4.15. The van der Waals surface area contributed by atoms with Crippen molar-refractivity contribution in [1.82, 2.24) is 5.32 Å².